The third-order valence-corrected chi connectivity index (χ3v) is 7.89. The van der Waals surface area contributed by atoms with Gasteiger partial charge in [0.1, 0.15) is 5.25 Å². The molecule has 1 rings (SSSR count). The lowest BCUT2D eigenvalue weighted by Gasteiger charge is -2.14. The molecule has 1 unspecified atom stereocenters. The van der Waals surface area contributed by atoms with Crippen LogP contribution in [0.15, 0.2) is 12.2 Å². The van der Waals surface area contributed by atoms with E-state index < -0.39 is 39.3 Å². The Morgan fingerprint density at radius 2 is 1.39 bits per heavy atom. The van der Waals surface area contributed by atoms with Gasteiger partial charge in [-0.15, -0.1) is 0 Å². The molecule has 1 fully saturated rings. The van der Waals surface area contributed by atoms with Crippen molar-refractivity contribution < 1.29 is 23.1 Å². The molecule has 0 aromatic carbocycles. The van der Waals surface area contributed by atoms with Crippen molar-refractivity contribution in [3.8, 4) is 0 Å². The van der Waals surface area contributed by atoms with Crippen LogP contribution in [0.3, 0.4) is 0 Å². The van der Waals surface area contributed by atoms with E-state index >= 15 is 0 Å². The molecule has 1 saturated heterocycles. The van der Waals surface area contributed by atoms with Crippen LogP contribution < -0.4 is 0 Å². The fourth-order valence-corrected chi connectivity index (χ4v) is 5.33. The number of amides is 2. The molecule has 1 aliphatic rings. The molecule has 0 radical (unpaired) electrons. The Bertz CT molecular complexity index is 644. The number of imide groups is 1. The summed E-state index contributed by atoms with van der Waals surface area (Å²) in [6, 6.07) is 0. The normalized spacial score (nSPS) is 17.4. The van der Waals surface area contributed by atoms with Gasteiger partial charge < -0.3 is 5.11 Å². The number of allylic oxidation sites excluding steroid dienone is 2. The van der Waals surface area contributed by atoms with Gasteiger partial charge in [0.15, 0.2) is 9.84 Å². The number of rotatable bonds is 19. The molecule has 1 atom stereocenters. The van der Waals surface area contributed by atoms with Crippen molar-refractivity contribution in [3.05, 3.63) is 12.2 Å². The molecule has 1 N–H and O–H groups in total. The summed E-state index contributed by atoms with van der Waals surface area (Å²) in [4.78, 5) is 25.4. The maximum atomic E-state index is 12.3. The van der Waals surface area contributed by atoms with Crippen LogP contribution in [0.25, 0.3) is 0 Å². The monoisotopic (exact) mass is 457 g/mol. The van der Waals surface area contributed by atoms with Gasteiger partial charge in [0.2, 0.25) is 11.8 Å². The van der Waals surface area contributed by atoms with E-state index in [1.165, 1.54) is 57.8 Å². The number of unbranched alkanes of at least 4 members (excludes halogenated alkanes) is 12. The number of aliphatic hydroxyl groups excluding tert-OH is 1. The lowest BCUT2D eigenvalue weighted by atomic mass is 10.1. The number of likely N-dealkylation sites (tertiary alicyclic amines) is 1. The van der Waals surface area contributed by atoms with Crippen LogP contribution in [0.2, 0.25) is 0 Å². The van der Waals surface area contributed by atoms with E-state index in [2.05, 4.69) is 19.1 Å². The van der Waals surface area contributed by atoms with E-state index in [1.54, 1.807) is 0 Å². The minimum Gasteiger partial charge on any atom is -0.395 e. The molecule has 0 bridgehead atoms. The number of carbonyl (C=O) groups is 2. The summed E-state index contributed by atoms with van der Waals surface area (Å²) in [5.41, 5.74) is 0. The standard InChI is InChI=1S/C24H43NO5S/c1-2-3-4-5-6-7-8-9-10-11-12-13-14-15-16-17-18-25-23(27)21-22(24(25)28)31(29,30)20-19-26/h9-10,22,26H,2-8,11-21H2,1H3. The lowest BCUT2D eigenvalue weighted by Crippen LogP contribution is -2.37. The molecule has 1 heterocycles. The van der Waals surface area contributed by atoms with E-state index in [0.717, 1.165) is 30.6 Å². The van der Waals surface area contributed by atoms with Crippen LogP contribution in [0.1, 0.15) is 103 Å². The molecule has 6 nitrogen and oxygen atoms in total. The first kappa shape index (κ1) is 27.8. The maximum absolute atomic E-state index is 12.3. The molecule has 2 amide bonds. The fourth-order valence-electron chi connectivity index (χ4n) is 3.96. The van der Waals surface area contributed by atoms with Gasteiger partial charge >= 0.3 is 0 Å². The minimum absolute atomic E-state index is 0.284. The van der Waals surface area contributed by atoms with E-state index in [-0.39, 0.29) is 6.42 Å². The van der Waals surface area contributed by atoms with Gasteiger partial charge in [0, 0.05) is 6.54 Å². The van der Waals surface area contributed by atoms with Crippen LogP contribution >= 0.6 is 0 Å². The maximum Gasteiger partial charge on any atom is 0.248 e. The van der Waals surface area contributed by atoms with Crippen LogP contribution in [0.5, 0.6) is 0 Å². The second-order valence-electron chi connectivity index (χ2n) is 8.60. The molecule has 0 aliphatic carbocycles. The number of hydrogen-bond acceptors (Lipinski definition) is 5. The predicted molar refractivity (Wildman–Crippen MR) is 125 cm³/mol. The summed E-state index contributed by atoms with van der Waals surface area (Å²) in [6.07, 6.45) is 20.9. The number of nitrogens with zero attached hydrogens (tertiary/aromatic N) is 1. The van der Waals surface area contributed by atoms with E-state index in [9.17, 15) is 18.0 Å². The molecule has 0 aromatic rings. The van der Waals surface area contributed by atoms with Crippen LogP contribution in [-0.2, 0) is 19.4 Å². The molecule has 7 heteroatoms. The van der Waals surface area contributed by atoms with E-state index in [1.807, 2.05) is 0 Å². The first-order valence-corrected chi connectivity index (χ1v) is 14.0. The number of aliphatic hydroxyl groups is 1. The second kappa shape index (κ2) is 16.4. The number of hydrogen-bond donors (Lipinski definition) is 1. The Labute approximate surface area is 189 Å². The molecule has 180 valence electrons. The quantitative estimate of drug-likeness (QED) is 0.174. The van der Waals surface area contributed by atoms with Crippen molar-refractivity contribution in [1.29, 1.82) is 0 Å². The van der Waals surface area contributed by atoms with E-state index in [0.29, 0.717) is 13.0 Å². The predicted octanol–water partition coefficient (Wildman–Crippen LogP) is 4.56. The zero-order valence-electron chi connectivity index (χ0n) is 19.4. The van der Waals surface area contributed by atoms with Crippen molar-refractivity contribution >= 4 is 21.7 Å². The van der Waals surface area contributed by atoms with Crippen molar-refractivity contribution in [1.82, 2.24) is 4.90 Å². The highest BCUT2D eigenvalue weighted by atomic mass is 32.2. The largest absolute Gasteiger partial charge is 0.395 e. The minimum atomic E-state index is -3.75. The smallest absolute Gasteiger partial charge is 0.248 e. The highest BCUT2D eigenvalue weighted by molar-refractivity contribution is 7.92. The third-order valence-electron chi connectivity index (χ3n) is 5.91. The number of carbonyl (C=O) groups excluding carboxylic acids is 2. The average Bonchev–Trinajstić information content (AvgIpc) is 3.02. The Balaban J connectivity index is 2.02. The Morgan fingerprint density at radius 1 is 0.871 bits per heavy atom. The molecular formula is C24H43NO5S. The summed E-state index contributed by atoms with van der Waals surface area (Å²) in [5, 5.41) is 7.54. The van der Waals surface area contributed by atoms with Gasteiger partial charge in [-0.2, -0.15) is 0 Å². The first-order chi connectivity index (χ1) is 14.9. The highest BCUT2D eigenvalue weighted by Gasteiger charge is 2.45. The Morgan fingerprint density at radius 3 is 1.94 bits per heavy atom. The van der Waals surface area contributed by atoms with Crippen molar-refractivity contribution in [3.63, 3.8) is 0 Å². The van der Waals surface area contributed by atoms with Gasteiger partial charge in [0.05, 0.1) is 18.8 Å². The SMILES string of the molecule is CCCCCCCCC=CCCCCCCCCN1C(=O)CC(S(=O)(=O)CCO)C1=O. The lowest BCUT2D eigenvalue weighted by molar-refractivity contribution is -0.138. The number of sulfone groups is 1. The Kier molecular flexibility index (Phi) is 14.7. The fraction of sp³-hybridized carbons (Fsp3) is 0.833. The second-order valence-corrected chi connectivity index (χ2v) is 10.9. The third kappa shape index (κ3) is 11.3. The van der Waals surface area contributed by atoms with Gasteiger partial charge in [-0.05, 0) is 32.1 Å². The Hall–Kier alpha value is -1.21. The zero-order valence-corrected chi connectivity index (χ0v) is 20.2. The van der Waals surface area contributed by atoms with E-state index in [4.69, 9.17) is 5.11 Å². The molecular weight excluding hydrogens is 414 g/mol. The van der Waals surface area contributed by atoms with Crippen molar-refractivity contribution in [2.24, 2.45) is 0 Å². The molecule has 0 spiro atoms. The van der Waals surface area contributed by atoms with Crippen molar-refractivity contribution in [2.45, 2.75) is 108 Å². The molecule has 0 aromatic heterocycles. The van der Waals surface area contributed by atoms with Crippen molar-refractivity contribution in [2.75, 3.05) is 18.9 Å². The van der Waals surface area contributed by atoms with Gasteiger partial charge in [-0.1, -0.05) is 76.9 Å². The molecule has 0 saturated carbocycles. The summed E-state index contributed by atoms with van der Waals surface area (Å²) < 4.78 is 24.0. The zero-order chi connectivity index (χ0) is 23.0. The van der Waals surface area contributed by atoms with Gasteiger partial charge in [-0.25, -0.2) is 8.42 Å². The summed E-state index contributed by atoms with van der Waals surface area (Å²) >= 11 is 0. The van der Waals surface area contributed by atoms with Gasteiger partial charge in [-0.3, -0.25) is 14.5 Å². The summed E-state index contributed by atoms with van der Waals surface area (Å²) in [5.74, 6) is -1.51. The summed E-state index contributed by atoms with van der Waals surface area (Å²) in [6.45, 7) is 2.01. The highest BCUT2D eigenvalue weighted by Crippen LogP contribution is 2.21. The van der Waals surface area contributed by atoms with Gasteiger partial charge in [0.25, 0.3) is 0 Å². The topological polar surface area (TPSA) is 91.8 Å². The molecule has 31 heavy (non-hydrogen) atoms. The average molecular weight is 458 g/mol. The first-order valence-electron chi connectivity index (χ1n) is 12.3. The van der Waals surface area contributed by atoms with Crippen LogP contribution in [0, 0.1) is 0 Å². The van der Waals surface area contributed by atoms with Crippen LogP contribution in [-0.4, -0.2) is 54.4 Å². The van der Waals surface area contributed by atoms with Crippen LogP contribution in [0.4, 0.5) is 0 Å². The summed E-state index contributed by atoms with van der Waals surface area (Å²) in [7, 11) is -3.75. The molecule has 1 aliphatic heterocycles.